The van der Waals surface area contributed by atoms with E-state index in [-0.39, 0.29) is 22.7 Å². The summed E-state index contributed by atoms with van der Waals surface area (Å²) in [5.41, 5.74) is 5.05. The van der Waals surface area contributed by atoms with E-state index in [4.69, 9.17) is 15.9 Å². The molecule has 1 rings (SSSR count). The third-order valence-electron chi connectivity index (χ3n) is 3.06. The van der Waals surface area contributed by atoms with E-state index >= 15 is 0 Å². The van der Waals surface area contributed by atoms with Gasteiger partial charge in [-0.2, -0.15) is 0 Å². The molecule has 110 valence electrons. The first-order valence-corrected chi connectivity index (χ1v) is 6.95. The van der Waals surface area contributed by atoms with Crippen LogP contribution in [0.5, 0.6) is 5.75 Å². The first-order chi connectivity index (χ1) is 9.25. The highest BCUT2D eigenvalue weighted by Crippen LogP contribution is 2.35. The molecule has 0 aliphatic carbocycles. The van der Waals surface area contributed by atoms with Gasteiger partial charge in [0.25, 0.3) is 0 Å². The van der Waals surface area contributed by atoms with Crippen molar-refractivity contribution < 1.29 is 9.66 Å². The van der Waals surface area contributed by atoms with Crippen LogP contribution in [0, 0.1) is 20.9 Å². The molecular formula is C13H18BrN3O3. The van der Waals surface area contributed by atoms with E-state index in [1.807, 2.05) is 13.8 Å². The number of para-hydroxylation sites is 1. The number of nitro groups is 1. The van der Waals surface area contributed by atoms with E-state index < -0.39 is 4.92 Å². The summed E-state index contributed by atoms with van der Waals surface area (Å²) in [6.45, 7) is 4.10. The number of hydrogen-bond donors (Lipinski definition) is 2. The number of hydrogen-bond acceptors (Lipinski definition) is 4. The number of nitro benzene ring substituents is 1. The first-order valence-electron chi connectivity index (χ1n) is 6.16. The maximum atomic E-state index is 10.9. The Hall–Kier alpha value is -1.63. The van der Waals surface area contributed by atoms with Gasteiger partial charge in [0.1, 0.15) is 0 Å². The minimum atomic E-state index is -0.473. The van der Waals surface area contributed by atoms with Crippen molar-refractivity contribution in [2.75, 3.05) is 6.61 Å². The summed E-state index contributed by atoms with van der Waals surface area (Å²) in [4.78, 5) is 10.4. The monoisotopic (exact) mass is 343 g/mol. The molecule has 1 aromatic rings. The molecule has 0 amide bonds. The minimum Gasteiger partial charge on any atom is -0.486 e. The zero-order valence-electron chi connectivity index (χ0n) is 11.5. The number of rotatable bonds is 7. The van der Waals surface area contributed by atoms with Crippen LogP contribution in [0.25, 0.3) is 0 Å². The van der Waals surface area contributed by atoms with Crippen LogP contribution in [-0.4, -0.2) is 17.4 Å². The van der Waals surface area contributed by atoms with Crippen molar-refractivity contribution in [2.24, 2.45) is 11.1 Å². The van der Waals surface area contributed by atoms with E-state index in [2.05, 4.69) is 15.9 Å². The fraction of sp³-hybridized carbons (Fsp3) is 0.462. The molecule has 0 spiro atoms. The van der Waals surface area contributed by atoms with Gasteiger partial charge in [-0.3, -0.25) is 15.5 Å². The average molecular weight is 344 g/mol. The predicted molar refractivity (Wildman–Crippen MR) is 81.2 cm³/mol. The number of ether oxygens (including phenoxy) is 1. The number of amidine groups is 1. The molecule has 0 heterocycles. The zero-order chi connectivity index (χ0) is 15.3. The highest BCUT2D eigenvalue weighted by Gasteiger charge is 2.22. The molecule has 0 atom stereocenters. The SMILES string of the molecule is CC(C)(CCCOc1c(Br)cccc1[N+](=O)[O-])C(=N)N. The number of nitrogens with zero attached hydrogens (tertiary/aromatic N) is 1. The molecule has 0 bridgehead atoms. The maximum absolute atomic E-state index is 10.9. The van der Waals surface area contributed by atoms with Crippen molar-refractivity contribution >= 4 is 27.5 Å². The standard InChI is InChI=1S/C13H18BrN3O3/c1-13(2,12(15)16)7-4-8-20-11-9(14)5-3-6-10(11)17(18)19/h3,5-6H,4,7-8H2,1-2H3,(H3,15,16). The van der Waals surface area contributed by atoms with Crippen LogP contribution in [0.1, 0.15) is 26.7 Å². The summed E-state index contributed by atoms with van der Waals surface area (Å²) < 4.78 is 6.06. The molecule has 20 heavy (non-hydrogen) atoms. The van der Waals surface area contributed by atoms with Gasteiger partial charge in [-0.05, 0) is 34.8 Å². The number of nitrogens with two attached hydrogens (primary N) is 1. The lowest BCUT2D eigenvalue weighted by Gasteiger charge is -2.22. The summed E-state index contributed by atoms with van der Waals surface area (Å²) >= 11 is 3.25. The molecule has 0 fully saturated rings. The second-order valence-corrected chi connectivity index (χ2v) is 5.95. The summed E-state index contributed by atoms with van der Waals surface area (Å²) in [6.07, 6.45) is 1.34. The zero-order valence-corrected chi connectivity index (χ0v) is 13.1. The lowest BCUT2D eigenvalue weighted by Crippen LogP contribution is -2.31. The van der Waals surface area contributed by atoms with E-state index in [1.165, 1.54) is 6.07 Å². The van der Waals surface area contributed by atoms with Gasteiger partial charge in [-0.1, -0.05) is 19.9 Å². The van der Waals surface area contributed by atoms with Crippen LogP contribution >= 0.6 is 15.9 Å². The van der Waals surface area contributed by atoms with Crippen molar-refractivity contribution in [3.05, 3.63) is 32.8 Å². The molecule has 0 saturated carbocycles. The average Bonchev–Trinajstić information content (AvgIpc) is 2.35. The summed E-state index contributed by atoms with van der Waals surface area (Å²) in [5, 5.41) is 18.4. The molecule has 3 N–H and O–H groups in total. The quantitative estimate of drug-likeness (QED) is 0.260. The second-order valence-electron chi connectivity index (χ2n) is 5.09. The van der Waals surface area contributed by atoms with Gasteiger partial charge in [0.15, 0.2) is 0 Å². The van der Waals surface area contributed by atoms with Crippen LogP contribution in [0.4, 0.5) is 5.69 Å². The molecular weight excluding hydrogens is 326 g/mol. The van der Waals surface area contributed by atoms with E-state index in [1.54, 1.807) is 12.1 Å². The van der Waals surface area contributed by atoms with Crippen molar-refractivity contribution in [2.45, 2.75) is 26.7 Å². The van der Waals surface area contributed by atoms with Crippen molar-refractivity contribution in [1.29, 1.82) is 5.41 Å². The Kier molecular flexibility index (Phi) is 5.50. The van der Waals surface area contributed by atoms with E-state index in [9.17, 15) is 10.1 Å². The van der Waals surface area contributed by atoms with Crippen LogP contribution in [0.3, 0.4) is 0 Å². The molecule has 1 aromatic carbocycles. The van der Waals surface area contributed by atoms with Gasteiger partial charge in [0, 0.05) is 11.5 Å². The Bertz CT molecular complexity index is 518. The Morgan fingerprint density at radius 1 is 1.55 bits per heavy atom. The van der Waals surface area contributed by atoms with Crippen molar-refractivity contribution in [3.8, 4) is 5.75 Å². The van der Waals surface area contributed by atoms with E-state index in [0.717, 1.165) is 0 Å². The van der Waals surface area contributed by atoms with Crippen molar-refractivity contribution in [3.63, 3.8) is 0 Å². The summed E-state index contributed by atoms with van der Waals surface area (Å²) in [5.74, 6) is 0.363. The van der Waals surface area contributed by atoms with Gasteiger partial charge < -0.3 is 10.5 Å². The Morgan fingerprint density at radius 2 is 2.20 bits per heavy atom. The smallest absolute Gasteiger partial charge is 0.312 e. The number of benzene rings is 1. The van der Waals surface area contributed by atoms with Crippen LogP contribution in [0.15, 0.2) is 22.7 Å². The topological polar surface area (TPSA) is 102 Å². The van der Waals surface area contributed by atoms with Gasteiger partial charge in [-0.25, -0.2) is 0 Å². The fourth-order valence-corrected chi connectivity index (χ4v) is 2.08. The molecule has 0 saturated heterocycles. The largest absolute Gasteiger partial charge is 0.486 e. The molecule has 0 aromatic heterocycles. The Morgan fingerprint density at radius 3 is 2.75 bits per heavy atom. The maximum Gasteiger partial charge on any atom is 0.312 e. The van der Waals surface area contributed by atoms with Crippen LogP contribution in [-0.2, 0) is 0 Å². The molecule has 6 nitrogen and oxygen atoms in total. The Balaban J connectivity index is 2.63. The van der Waals surface area contributed by atoms with Crippen LogP contribution in [0.2, 0.25) is 0 Å². The van der Waals surface area contributed by atoms with Gasteiger partial charge >= 0.3 is 5.69 Å². The molecule has 0 aliphatic heterocycles. The second kappa shape index (κ2) is 6.69. The normalized spacial score (nSPS) is 11.2. The molecule has 0 aliphatic rings. The summed E-state index contributed by atoms with van der Waals surface area (Å²) in [7, 11) is 0. The number of halogens is 1. The Labute approximate surface area is 126 Å². The van der Waals surface area contributed by atoms with Gasteiger partial charge in [-0.15, -0.1) is 0 Å². The lowest BCUT2D eigenvalue weighted by atomic mass is 9.87. The third kappa shape index (κ3) is 4.19. The van der Waals surface area contributed by atoms with Crippen molar-refractivity contribution in [1.82, 2.24) is 0 Å². The summed E-state index contributed by atoms with van der Waals surface area (Å²) in [6, 6.07) is 4.69. The minimum absolute atomic E-state index is 0.0646. The van der Waals surface area contributed by atoms with Crippen LogP contribution < -0.4 is 10.5 Å². The molecule has 7 heteroatoms. The van der Waals surface area contributed by atoms with Gasteiger partial charge in [0.2, 0.25) is 5.75 Å². The highest BCUT2D eigenvalue weighted by molar-refractivity contribution is 9.10. The van der Waals surface area contributed by atoms with Gasteiger partial charge in [0.05, 0.1) is 21.8 Å². The lowest BCUT2D eigenvalue weighted by molar-refractivity contribution is -0.386. The predicted octanol–water partition coefficient (Wildman–Crippen LogP) is 3.48. The fourth-order valence-electron chi connectivity index (χ4n) is 1.61. The van der Waals surface area contributed by atoms with E-state index in [0.29, 0.717) is 23.9 Å². The molecule has 0 unspecified atom stereocenters. The highest BCUT2D eigenvalue weighted by atomic mass is 79.9. The third-order valence-corrected chi connectivity index (χ3v) is 3.69. The first kappa shape index (κ1) is 16.4. The number of nitrogens with one attached hydrogen (secondary N) is 1. The molecule has 0 radical (unpaired) electrons.